The van der Waals surface area contributed by atoms with E-state index in [1.165, 1.54) is 5.56 Å². The van der Waals surface area contributed by atoms with E-state index in [9.17, 15) is 10.2 Å². The van der Waals surface area contributed by atoms with E-state index in [1.54, 1.807) is 6.07 Å². The molecular formula is C30H33N3O3. The molecule has 6 heteroatoms. The Balaban J connectivity index is 1.29. The summed E-state index contributed by atoms with van der Waals surface area (Å²) in [6.07, 6.45) is 5.64. The number of ether oxygens (including phenoxy) is 1. The fourth-order valence-electron chi connectivity index (χ4n) is 7.93. The van der Waals surface area contributed by atoms with Gasteiger partial charge >= 0.3 is 0 Å². The second-order valence-electron chi connectivity index (χ2n) is 11.0. The van der Waals surface area contributed by atoms with Gasteiger partial charge in [-0.15, -0.1) is 0 Å². The second kappa shape index (κ2) is 7.95. The van der Waals surface area contributed by atoms with Crippen molar-refractivity contribution < 1.29 is 14.9 Å². The average molecular weight is 484 g/mol. The highest BCUT2D eigenvalue weighted by atomic mass is 16.5. The molecule has 7 rings (SSSR count). The van der Waals surface area contributed by atoms with Crippen molar-refractivity contribution in [3.63, 3.8) is 0 Å². The molecular weight excluding hydrogens is 450 g/mol. The number of pyridine rings is 1. The Morgan fingerprint density at radius 3 is 2.72 bits per heavy atom. The lowest BCUT2D eigenvalue weighted by Gasteiger charge is -2.64. The maximum atomic E-state index is 12.7. The van der Waals surface area contributed by atoms with Crippen molar-refractivity contribution in [3.8, 4) is 11.5 Å². The van der Waals surface area contributed by atoms with E-state index < -0.39 is 11.0 Å². The molecule has 4 aliphatic rings. The molecule has 1 saturated carbocycles. The molecule has 5 atom stereocenters. The van der Waals surface area contributed by atoms with Crippen LogP contribution in [0.1, 0.15) is 36.1 Å². The topological polar surface area (TPSA) is 69.1 Å². The number of rotatable bonds is 5. The van der Waals surface area contributed by atoms with E-state index in [1.807, 2.05) is 24.4 Å². The Kier molecular flexibility index (Phi) is 4.89. The molecule has 186 valence electrons. The summed E-state index contributed by atoms with van der Waals surface area (Å²) in [6.45, 7) is 1.77. The molecule has 2 aromatic carbocycles. The number of piperidine rings is 1. The first-order valence-electron chi connectivity index (χ1n) is 13.2. The number of benzene rings is 2. The molecule has 1 unspecified atom stereocenters. The molecule has 36 heavy (non-hydrogen) atoms. The van der Waals surface area contributed by atoms with Crippen molar-refractivity contribution in [2.75, 3.05) is 25.0 Å². The zero-order valence-corrected chi connectivity index (χ0v) is 20.7. The van der Waals surface area contributed by atoms with E-state index in [0.717, 1.165) is 55.7 Å². The van der Waals surface area contributed by atoms with E-state index >= 15 is 0 Å². The lowest BCUT2D eigenvalue weighted by Crippen LogP contribution is -2.78. The minimum atomic E-state index is -0.903. The molecule has 0 amide bonds. The van der Waals surface area contributed by atoms with Crippen LogP contribution in [-0.2, 0) is 18.3 Å². The molecule has 2 N–H and O–H groups in total. The van der Waals surface area contributed by atoms with Crippen LogP contribution in [0.4, 0.5) is 5.69 Å². The molecule has 2 aliphatic carbocycles. The van der Waals surface area contributed by atoms with Crippen LogP contribution in [0.15, 0.2) is 66.9 Å². The number of likely N-dealkylation sites (tertiary alicyclic amines) is 1. The number of phenolic OH excluding ortho intramolecular Hbond substituents is 1. The highest BCUT2D eigenvalue weighted by Crippen LogP contribution is 2.65. The number of anilines is 1. The van der Waals surface area contributed by atoms with Crippen molar-refractivity contribution in [2.24, 2.45) is 0 Å². The molecule has 2 aliphatic heterocycles. The zero-order valence-electron chi connectivity index (χ0n) is 20.7. The van der Waals surface area contributed by atoms with Gasteiger partial charge in [-0.3, -0.25) is 9.88 Å². The fraction of sp³-hybridized carbons (Fsp3) is 0.433. The van der Waals surface area contributed by atoms with Crippen molar-refractivity contribution in [1.82, 2.24) is 9.88 Å². The van der Waals surface area contributed by atoms with E-state index in [4.69, 9.17) is 4.74 Å². The highest BCUT2D eigenvalue weighted by molar-refractivity contribution is 5.63. The molecule has 1 aromatic heterocycles. The second-order valence-corrected chi connectivity index (χ2v) is 11.0. The van der Waals surface area contributed by atoms with Crippen LogP contribution >= 0.6 is 0 Å². The number of likely N-dealkylation sites (N-methyl/N-ethyl adjacent to an activating group) is 1. The van der Waals surface area contributed by atoms with Gasteiger partial charge in [0.15, 0.2) is 11.5 Å². The highest BCUT2D eigenvalue weighted by Gasteiger charge is 2.73. The van der Waals surface area contributed by atoms with Gasteiger partial charge in [0.2, 0.25) is 0 Å². The van der Waals surface area contributed by atoms with Gasteiger partial charge in [-0.1, -0.05) is 30.3 Å². The number of hydrogen-bond acceptors (Lipinski definition) is 6. The van der Waals surface area contributed by atoms with Crippen molar-refractivity contribution in [3.05, 3.63) is 83.7 Å². The number of aliphatic hydroxyl groups is 1. The van der Waals surface area contributed by atoms with E-state index in [-0.39, 0.29) is 23.9 Å². The molecule has 2 fully saturated rings. The standard InChI is InChI=1S/C30H33N3O3/c1-32(22-8-3-2-4-9-22)23-12-14-30(35)25-19-20-10-11-24(34)27-26(20)29(30,28(23)36-27)15-18-33(25)17-13-21-7-5-6-16-31-21/h2-11,16,23,25,28,34-35H,12-15,17-19H2,1H3/t23?,25-,28+,29+,30-/m1/s1. The average Bonchev–Trinajstić information content (AvgIpc) is 3.26. The van der Waals surface area contributed by atoms with Crippen LogP contribution in [0.25, 0.3) is 0 Å². The lowest BCUT2D eigenvalue weighted by atomic mass is 9.48. The Bertz CT molecular complexity index is 1290. The first-order valence-corrected chi connectivity index (χ1v) is 13.2. The number of aromatic nitrogens is 1. The third-order valence-electron chi connectivity index (χ3n) is 9.58. The summed E-state index contributed by atoms with van der Waals surface area (Å²) >= 11 is 0. The quantitative estimate of drug-likeness (QED) is 0.577. The van der Waals surface area contributed by atoms with Gasteiger partial charge in [0.05, 0.1) is 17.1 Å². The summed E-state index contributed by atoms with van der Waals surface area (Å²) < 4.78 is 6.71. The molecule has 2 bridgehead atoms. The summed E-state index contributed by atoms with van der Waals surface area (Å²) in [6, 6.07) is 20.5. The summed E-state index contributed by atoms with van der Waals surface area (Å²) in [5, 5.41) is 23.6. The van der Waals surface area contributed by atoms with Crippen LogP contribution in [0, 0.1) is 0 Å². The minimum Gasteiger partial charge on any atom is -0.504 e. The number of para-hydroxylation sites is 1. The van der Waals surface area contributed by atoms with Crippen LogP contribution in [-0.4, -0.2) is 64.0 Å². The minimum absolute atomic E-state index is 0.0204. The molecule has 1 saturated heterocycles. The van der Waals surface area contributed by atoms with Crippen molar-refractivity contribution >= 4 is 5.69 Å². The number of phenols is 1. The summed E-state index contributed by atoms with van der Waals surface area (Å²) in [5.41, 5.74) is 3.09. The van der Waals surface area contributed by atoms with Gasteiger partial charge in [0.1, 0.15) is 6.10 Å². The van der Waals surface area contributed by atoms with Gasteiger partial charge < -0.3 is 19.8 Å². The summed E-state index contributed by atoms with van der Waals surface area (Å²) in [4.78, 5) is 9.33. The predicted octanol–water partition coefficient (Wildman–Crippen LogP) is 3.69. The van der Waals surface area contributed by atoms with Crippen LogP contribution < -0.4 is 9.64 Å². The van der Waals surface area contributed by atoms with Crippen LogP contribution in [0.2, 0.25) is 0 Å². The predicted molar refractivity (Wildman–Crippen MR) is 139 cm³/mol. The Morgan fingerprint density at radius 1 is 1.08 bits per heavy atom. The fourth-order valence-corrected chi connectivity index (χ4v) is 7.93. The van der Waals surface area contributed by atoms with Gasteiger partial charge in [-0.2, -0.15) is 0 Å². The van der Waals surface area contributed by atoms with Crippen LogP contribution in [0.5, 0.6) is 11.5 Å². The Labute approximate surface area is 212 Å². The van der Waals surface area contributed by atoms with Gasteiger partial charge in [0.25, 0.3) is 0 Å². The lowest BCUT2D eigenvalue weighted by molar-refractivity contribution is -0.188. The Morgan fingerprint density at radius 2 is 1.92 bits per heavy atom. The third-order valence-corrected chi connectivity index (χ3v) is 9.58. The first-order chi connectivity index (χ1) is 17.5. The van der Waals surface area contributed by atoms with Gasteiger partial charge in [0, 0.05) is 49.2 Å². The SMILES string of the molecule is CN(c1ccccc1)C1CC[C@@]2(O)[C@H]3Cc4ccc(O)c5c4[C@@]2(CCN3CCc2ccccn2)[C@H]1O5. The maximum Gasteiger partial charge on any atom is 0.165 e. The molecule has 3 heterocycles. The summed E-state index contributed by atoms with van der Waals surface area (Å²) in [7, 11) is 2.14. The number of hydrogen-bond donors (Lipinski definition) is 2. The maximum absolute atomic E-state index is 12.7. The zero-order chi connectivity index (χ0) is 24.5. The smallest absolute Gasteiger partial charge is 0.165 e. The van der Waals surface area contributed by atoms with E-state index in [0.29, 0.717) is 12.2 Å². The van der Waals surface area contributed by atoms with Crippen molar-refractivity contribution in [2.45, 2.75) is 61.3 Å². The van der Waals surface area contributed by atoms with Gasteiger partial charge in [-0.05, 0) is 68.1 Å². The first kappa shape index (κ1) is 22.1. The molecule has 1 spiro atoms. The molecule has 6 nitrogen and oxygen atoms in total. The normalized spacial score (nSPS) is 32.0. The summed E-state index contributed by atoms with van der Waals surface area (Å²) in [5.74, 6) is 0.793. The molecule has 0 radical (unpaired) electrons. The van der Waals surface area contributed by atoms with Gasteiger partial charge in [-0.25, -0.2) is 0 Å². The van der Waals surface area contributed by atoms with Crippen LogP contribution in [0.3, 0.4) is 0 Å². The number of nitrogens with zero attached hydrogens (tertiary/aromatic N) is 3. The largest absolute Gasteiger partial charge is 0.504 e. The van der Waals surface area contributed by atoms with E-state index in [2.05, 4.69) is 58.2 Å². The molecule has 3 aromatic rings. The third kappa shape index (κ3) is 2.88. The Hall–Kier alpha value is -3.09. The monoisotopic (exact) mass is 483 g/mol. The van der Waals surface area contributed by atoms with Crippen molar-refractivity contribution in [1.29, 1.82) is 0 Å². The number of aromatic hydroxyl groups is 1.